The van der Waals surface area contributed by atoms with Crippen molar-refractivity contribution in [1.29, 1.82) is 0 Å². The number of hydrogen-bond acceptors (Lipinski definition) is 4. The summed E-state index contributed by atoms with van der Waals surface area (Å²) >= 11 is 0. The fraction of sp³-hybridized carbons (Fsp3) is 0.938. The Hall–Kier alpha value is -0.650. The number of amides is 1. The molecule has 0 aromatic rings. The first-order chi connectivity index (χ1) is 9.65. The molecule has 3 N–H and O–H groups in total. The Morgan fingerprint density at radius 2 is 1.90 bits per heavy atom. The normalized spacial score (nSPS) is 22.5. The molecule has 1 rings (SSSR count). The van der Waals surface area contributed by atoms with Gasteiger partial charge in [-0.1, -0.05) is 0 Å². The van der Waals surface area contributed by atoms with Gasteiger partial charge in [0.05, 0.1) is 5.54 Å². The lowest BCUT2D eigenvalue weighted by molar-refractivity contribution is -0.125. The van der Waals surface area contributed by atoms with E-state index in [0.717, 1.165) is 19.5 Å². The first-order valence-electron chi connectivity index (χ1n) is 8.14. The lowest BCUT2D eigenvalue weighted by Gasteiger charge is -2.41. The van der Waals surface area contributed by atoms with Crippen LogP contribution in [0.2, 0.25) is 0 Å². The molecule has 5 nitrogen and oxygen atoms in total. The molecule has 1 aliphatic heterocycles. The van der Waals surface area contributed by atoms with Crippen molar-refractivity contribution in [2.24, 2.45) is 5.73 Å². The monoisotopic (exact) mass is 298 g/mol. The molecule has 5 heteroatoms. The number of nitrogens with zero attached hydrogens (tertiary/aromatic N) is 2. The van der Waals surface area contributed by atoms with E-state index in [1.54, 1.807) is 0 Å². The third-order valence-corrected chi connectivity index (χ3v) is 4.81. The zero-order valence-electron chi connectivity index (χ0n) is 14.6. The van der Waals surface area contributed by atoms with Gasteiger partial charge in [-0.05, 0) is 74.1 Å². The molecule has 1 heterocycles. The van der Waals surface area contributed by atoms with Gasteiger partial charge < -0.3 is 20.9 Å². The van der Waals surface area contributed by atoms with E-state index in [1.807, 2.05) is 20.8 Å². The number of rotatable bonds is 7. The molecular weight excluding hydrogens is 264 g/mol. The Bertz CT molecular complexity index is 339. The Balaban J connectivity index is 2.64. The molecule has 1 aliphatic rings. The van der Waals surface area contributed by atoms with Gasteiger partial charge in [-0.3, -0.25) is 4.79 Å². The second-order valence-electron chi connectivity index (χ2n) is 7.25. The van der Waals surface area contributed by atoms with E-state index in [9.17, 15) is 4.79 Å². The number of nitrogens with one attached hydrogen (secondary N) is 1. The first kappa shape index (κ1) is 18.4. The maximum atomic E-state index is 11.9. The summed E-state index contributed by atoms with van der Waals surface area (Å²) < 4.78 is 0. The molecule has 0 spiro atoms. The van der Waals surface area contributed by atoms with E-state index in [1.165, 1.54) is 12.8 Å². The number of nitrogens with two attached hydrogens (primary N) is 1. The zero-order chi connectivity index (χ0) is 16.2. The minimum absolute atomic E-state index is 0.239. The van der Waals surface area contributed by atoms with E-state index >= 15 is 0 Å². The van der Waals surface area contributed by atoms with Crippen LogP contribution in [0.1, 0.15) is 47.0 Å². The van der Waals surface area contributed by atoms with E-state index < -0.39 is 5.54 Å². The molecule has 2 atom stereocenters. The van der Waals surface area contributed by atoms with Crippen molar-refractivity contribution in [2.45, 2.75) is 70.6 Å². The van der Waals surface area contributed by atoms with Gasteiger partial charge in [0.25, 0.3) is 0 Å². The number of likely N-dealkylation sites (tertiary alicyclic amines) is 1. The number of primary amides is 1. The zero-order valence-corrected chi connectivity index (χ0v) is 14.6. The van der Waals surface area contributed by atoms with Crippen LogP contribution in [-0.4, -0.2) is 66.6 Å². The highest BCUT2D eigenvalue weighted by atomic mass is 16.1. The van der Waals surface area contributed by atoms with Crippen molar-refractivity contribution < 1.29 is 4.79 Å². The summed E-state index contributed by atoms with van der Waals surface area (Å²) in [5.41, 5.74) is 4.99. The molecule has 0 radical (unpaired) electrons. The van der Waals surface area contributed by atoms with Gasteiger partial charge in [0.1, 0.15) is 0 Å². The van der Waals surface area contributed by atoms with E-state index in [-0.39, 0.29) is 11.9 Å². The minimum atomic E-state index is -0.646. The van der Waals surface area contributed by atoms with Gasteiger partial charge >= 0.3 is 0 Å². The molecular formula is C16H34N4O. The van der Waals surface area contributed by atoms with E-state index in [2.05, 4.69) is 36.1 Å². The van der Waals surface area contributed by atoms with Crippen LogP contribution in [0, 0.1) is 0 Å². The minimum Gasteiger partial charge on any atom is -0.368 e. The Kier molecular flexibility index (Phi) is 6.63. The second kappa shape index (κ2) is 7.56. The van der Waals surface area contributed by atoms with Crippen LogP contribution in [0.15, 0.2) is 0 Å². The van der Waals surface area contributed by atoms with Crippen molar-refractivity contribution in [3.63, 3.8) is 0 Å². The Morgan fingerprint density at radius 1 is 1.38 bits per heavy atom. The van der Waals surface area contributed by atoms with E-state index in [4.69, 9.17) is 5.73 Å². The standard InChI is InChI=1S/C16H34N4O/c1-12(2)18-16(4,15(17)21)11-13(3)20(6)14-7-9-19(5)10-8-14/h12-14,18H,7-11H2,1-6H3,(H2,17,21). The molecule has 0 aliphatic carbocycles. The van der Waals surface area contributed by atoms with Crippen molar-refractivity contribution in [3.05, 3.63) is 0 Å². The highest BCUT2D eigenvalue weighted by Crippen LogP contribution is 2.22. The predicted octanol–water partition coefficient (Wildman–Crippen LogP) is 1.03. The molecule has 21 heavy (non-hydrogen) atoms. The average molecular weight is 298 g/mol. The summed E-state index contributed by atoms with van der Waals surface area (Å²) in [6.07, 6.45) is 3.13. The van der Waals surface area contributed by atoms with Crippen LogP contribution in [0.4, 0.5) is 0 Å². The molecule has 0 bridgehead atoms. The lowest BCUT2D eigenvalue weighted by Crippen LogP contribution is -2.58. The summed E-state index contributed by atoms with van der Waals surface area (Å²) in [5, 5.41) is 3.34. The molecule has 0 saturated carbocycles. The van der Waals surface area contributed by atoms with Crippen molar-refractivity contribution in [2.75, 3.05) is 27.2 Å². The van der Waals surface area contributed by atoms with Gasteiger partial charge in [0.15, 0.2) is 0 Å². The molecule has 1 saturated heterocycles. The van der Waals surface area contributed by atoms with Gasteiger partial charge in [-0.15, -0.1) is 0 Å². The topological polar surface area (TPSA) is 61.6 Å². The average Bonchev–Trinajstić information content (AvgIpc) is 2.37. The molecule has 124 valence electrons. The fourth-order valence-corrected chi connectivity index (χ4v) is 3.36. The largest absolute Gasteiger partial charge is 0.368 e. The SMILES string of the molecule is CC(C)NC(C)(CC(C)N(C)C1CCN(C)CC1)C(N)=O. The smallest absolute Gasteiger partial charge is 0.237 e. The Morgan fingerprint density at radius 3 is 2.33 bits per heavy atom. The summed E-state index contributed by atoms with van der Waals surface area (Å²) in [5.74, 6) is -0.264. The van der Waals surface area contributed by atoms with Crippen molar-refractivity contribution >= 4 is 5.91 Å². The number of piperidine rings is 1. The number of carbonyl (C=O) groups excluding carboxylic acids is 1. The molecule has 1 fully saturated rings. The van der Waals surface area contributed by atoms with Crippen LogP contribution in [0.25, 0.3) is 0 Å². The van der Waals surface area contributed by atoms with Crippen LogP contribution < -0.4 is 11.1 Å². The van der Waals surface area contributed by atoms with Gasteiger partial charge in [-0.25, -0.2) is 0 Å². The molecule has 1 amide bonds. The summed E-state index contributed by atoms with van der Waals surface area (Å²) in [6, 6.07) is 1.16. The highest BCUT2D eigenvalue weighted by molar-refractivity contribution is 5.84. The fourth-order valence-electron chi connectivity index (χ4n) is 3.36. The Labute approximate surface area is 130 Å². The second-order valence-corrected chi connectivity index (χ2v) is 7.25. The molecule has 2 unspecified atom stereocenters. The van der Waals surface area contributed by atoms with Crippen LogP contribution in [0.5, 0.6) is 0 Å². The number of hydrogen-bond donors (Lipinski definition) is 2. The van der Waals surface area contributed by atoms with E-state index in [0.29, 0.717) is 12.1 Å². The summed E-state index contributed by atoms with van der Waals surface area (Å²) in [6.45, 7) is 10.5. The van der Waals surface area contributed by atoms with Crippen LogP contribution >= 0.6 is 0 Å². The first-order valence-corrected chi connectivity index (χ1v) is 8.14. The lowest BCUT2D eigenvalue weighted by atomic mass is 9.90. The summed E-state index contributed by atoms with van der Waals surface area (Å²) in [7, 11) is 4.35. The third-order valence-electron chi connectivity index (χ3n) is 4.81. The third kappa shape index (κ3) is 5.24. The van der Waals surface area contributed by atoms with Crippen LogP contribution in [-0.2, 0) is 4.79 Å². The van der Waals surface area contributed by atoms with Gasteiger partial charge in [0.2, 0.25) is 5.91 Å². The van der Waals surface area contributed by atoms with Gasteiger partial charge in [-0.2, -0.15) is 0 Å². The quantitative estimate of drug-likeness (QED) is 0.737. The van der Waals surface area contributed by atoms with Crippen molar-refractivity contribution in [1.82, 2.24) is 15.1 Å². The summed E-state index contributed by atoms with van der Waals surface area (Å²) in [4.78, 5) is 16.7. The maximum Gasteiger partial charge on any atom is 0.237 e. The van der Waals surface area contributed by atoms with Crippen molar-refractivity contribution in [3.8, 4) is 0 Å². The predicted molar refractivity (Wildman–Crippen MR) is 88.2 cm³/mol. The van der Waals surface area contributed by atoms with Crippen LogP contribution in [0.3, 0.4) is 0 Å². The highest BCUT2D eigenvalue weighted by Gasteiger charge is 2.35. The molecule has 0 aromatic heterocycles. The number of carbonyl (C=O) groups is 1. The molecule has 0 aromatic carbocycles. The maximum absolute atomic E-state index is 11.9. The van der Waals surface area contributed by atoms with Gasteiger partial charge in [0, 0.05) is 18.1 Å².